The van der Waals surface area contributed by atoms with E-state index in [-0.39, 0.29) is 6.54 Å². The molecule has 11 heteroatoms. The van der Waals surface area contributed by atoms with Crippen molar-refractivity contribution in [3.05, 3.63) is 83.4 Å². The van der Waals surface area contributed by atoms with Gasteiger partial charge in [-0.3, -0.25) is 0 Å². The molecule has 0 aromatic heterocycles. The fraction of sp³-hybridized carbons (Fsp3) is 0.400. The second kappa shape index (κ2) is 12.6. The quantitative estimate of drug-likeness (QED) is 0.248. The number of carbonyl (C=O) groups is 1. The second-order valence-electron chi connectivity index (χ2n) is 8.34. The normalized spacial score (nSPS) is 16.2. The minimum absolute atomic E-state index is 0.272. The lowest BCUT2D eigenvalue weighted by molar-refractivity contribution is -0.169. The van der Waals surface area contributed by atoms with Crippen molar-refractivity contribution in [1.29, 1.82) is 0 Å². The lowest BCUT2D eigenvalue weighted by Gasteiger charge is -2.34. The van der Waals surface area contributed by atoms with Gasteiger partial charge in [0.2, 0.25) is 0 Å². The third kappa shape index (κ3) is 7.01. The van der Waals surface area contributed by atoms with Crippen LogP contribution in [0.15, 0.2) is 72.3 Å². The van der Waals surface area contributed by atoms with Crippen LogP contribution in [0.4, 0.5) is 0 Å². The third-order valence-corrected chi connectivity index (χ3v) is 10.5. The Balaban J connectivity index is 2.57. The van der Waals surface area contributed by atoms with Gasteiger partial charge in [-0.1, -0.05) is 66.7 Å². The summed E-state index contributed by atoms with van der Waals surface area (Å²) >= 11 is 0. The van der Waals surface area contributed by atoms with Crippen LogP contribution < -0.4 is 0 Å². The van der Waals surface area contributed by atoms with Gasteiger partial charge in [-0.15, -0.1) is 0 Å². The zero-order valence-corrected chi connectivity index (χ0v) is 22.6. The molecule has 0 spiro atoms. The maximum absolute atomic E-state index is 13.2. The number of nitrogens with zero attached hydrogens (tertiary/aromatic N) is 1. The molecule has 2 aromatic rings. The first-order chi connectivity index (χ1) is 16.8. The molecule has 0 radical (unpaired) electrons. The van der Waals surface area contributed by atoms with E-state index < -0.39 is 48.2 Å². The number of aliphatic hydroxyl groups is 1. The van der Waals surface area contributed by atoms with E-state index >= 15 is 0 Å². The molecule has 0 unspecified atom stereocenters. The average molecular weight is 540 g/mol. The third-order valence-electron chi connectivity index (χ3n) is 5.81. The Bertz CT molecular complexity index is 1250. The Morgan fingerprint density at radius 2 is 1.56 bits per heavy atom. The van der Waals surface area contributed by atoms with Crippen LogP contribution in [0.1, 0.15) is 38.0 Å². The van der Waals surface area contributed by atoms with Crippen molar-refractivity contribution in [2.24, 2.45) is 0 Å². The number of ether oxygens (including phenoxy) is 2. The van der Waals surface area contributed by atoms with Crippen LogP contribution in [-0.4, -0.2) is 63.8 Å². The van der Waals surface area contributed by atoms with Gasteiger partial charge in [-0.2, -0.15) is 12.7 Å². The Labute approximate surface area is 212 Å². The van der Waals surface area contributed by atoms with Crippen LogP contribution in [-0.2, 0) is 38.7 Å². The molecule has 2 rings (SSSR count). The van der Waals surface area contributed by atoms with Crippen LogP contribution >= 0.6 is 0 Å². The molecule has 9 nitrogen and oxygen atoms in total. The van der Waals surface area contributed by atoms with Crippen LogP contribution in [0, 0.1) is 0 Å². The molecule has 0 bridgehead atoms. The van der Waals surface area contributed by atoms with Crippen LogP contribution in [0.5, 0.6) is 0 Å². The summed E-state index contributed by atoms with van der Waals surface area (Å²) in [4.78, 5) is 13.1. The predicted molar refractivity (Wildman–Crippen MR) is 137 cm³/mol. The summed E-state index contributed by atoms with van der Waals surface area (Å²) in [5.41, 5.74) is 1.46. The van der Waals surface area contributed by atoms with Gasteiger partial charge in [0, 0.05) is 13.7 Å². The number of hydrogen-bond acceptors (Lipinski definition) is 8. The molecule has 0 fully saturated rings. The summed E-state index contributed by atoms with van der Waals surface area (Å²) in [5.74, 6) is -0.927. The number of hydrogen-bond donors (Lipinski definition) is 1. The molecule has 0 heterocycles. The van der Waals surface area contributed by atoms with E-state index in [2.05, 4.69) is 0 Å². The van der Waals surface area contributed by atoms with E-state index in [1.807, 2.05) is 0 Å². The number of rotatable bonds is 12. The van der Waals surface area contributed by atoms with Gasteiger partial charge in [-0.05, 0) is 37.5 Å². The zero-order valence-electron chi connectivity index (χ0n) is 20.9. The summed E-state index contributed by atoms with van der Waals surface area (Å²) < 4.78 is 62.7. The van der Waals surface area contributed by atoms with Crippen molar-refractivity contribution >= 4 is 23.9 Å². The van der Waals surface area contributed by atoms with Gasteiger partial charge in [0.25, 0.3) is 8.87 Å². The monoisotopic (exact) mass is 539 g/mol. The topological polar surface area (TPSA) is 127 Å². The molecule has 0 saturated carbocycles. The highest BCUT2D eigenvalue weighted by molar-refractivity contribution is 8.66. The van der Waals surface area contributed by atoms with E-state index in [1.54, 1.807) is 80.6 Å². The van der Waals surface area contributed by atoms with E-state index in [1.165, 1.54) is 14.0 Å². The fourth-order valence-corrected chi connectivity index (χ4v) is 6.34. The smallest absolute Gasteiger partial charge is 0.339 e. The minimum atomic E-state index is -4.86. The Morgan fingerprint density at radius 1 is 1.03 bits per heavy atom. The van der Waals surface area contributed by atoms with E-state index in [4.69, 9.17) is 9.47 Å². The summed E-state index contributed by atoms with van der Waals surface area (Å²) in [6.07, 6.45) is -1.64. The maximum Gasteiger partial charge on any atom is 0.339 e. The molecule has 2 aromatic carbocycles. The van der Waals surface area contributed by atoms with E-state index in [0.717, 1.165) is 4.31 Å². The number of esters is 1. The van der Waals surface area contributed by atoms with Crippen molar-refractivity contribution in [2.75, 3.05) is 13.4 Å². The lowest BCUT2D eigenvalue weighted by atomic mass is 10.0. The number of allylic oxidation sites excluding steroid dienone is 1. The van der Waals surface area contributed by atoms with Crippen molar-refractivity contribution in [3.8, 4) is 0 Å². The Morgan fingerprint density at radius 3 is 2.03 bits per heavy atom. The number of methoxy groups -OCH3 is 1. The van der Waals surface area contributed by atoms with Crippen molar-refractivity contribution in [2.45, 2.75) is 51.7 Å². The summed E-state index contributed by atoms with van der Waals surface area (Å²) in [6, 6.07) is 15.7. The van der Waals surface area contributed by atoms with Gasteiger partial charge < -0.3 is 14.6 Å². The first-order valence-corrected chi connectivity index (χ1v) is 15.0. The summed E-state index contributed by atoms with van der Waals surface area (Å²) in [5, 5.41) is 10.5. The van der Waals surface area contributed by atoms with Gasteiger partial charge in [-0.25, -0.2) is 13.2 Å². The zero-order chi connectivity index (χ0) is 27.1. The molecule has 0 saturated heterocycles. The van der Waals surface area contributed by atoms with Gasteiger partial charge in [0.05, 0.1) is 12.3 Å². The second-order valence-corrected chi connectivity index (χ2v) is 14.1. The van der Waals surface area contributed by atoms with Crippen LogP contribution in [0.25, 0.3) is 0 Å². The molecule has 4 atom stereocenters. The molecule has 0 aliphatic rings. The minimum Gasteiger partial charge on any atom is -0.454 e. The lowest BCUT2D eigenvalue weighted by Crippen LogP contribution is -2.46. The van der Waals surface area contributed by atoms with E-state index in [9.17, 15) is 26.7 Å². The SMILES string of the molecule is C/C=C(\C)[C@@H](O)[C@H](OC)C(=O)O[C@@H](c1ccccc1)[C@@H](C)N(Cc1ccccc1)S(=O)(=O)S(C)(=O)=O. The van der Waals surface area contributed by atoms with Crippen molar-refractivity contribution < 1.29 is 36.2 Å². The van der Waals surface area contributed by atoms with Gasteiger partial charge >= 0.3 is 15.0 Å². The molecule has 36 heavy (non-hydrogen) atoms. The highest BCUT2D eigenvalue weighted by atomic mass is 33.2. The van der Waals surface area contributed by atoms with Crippen molar-refractivity contribution in [3.63, 3.8) is 0 Å². The Hall–Kier alpha value is -2.57. The van der Waals surface area contributed by atoms with Crippen molar-refractivity contribution in [1.82, 2.24) is 4.31 Å². The average Bonchev–Trinajstić information content (AvgIpc) is 2.85. The largest absolute Gasteiger partial charge is 0.454 e. The number of aliphatic hydroxyl groups excluding tert-OH is 1. The molecule has 0 aliphatic carbocycles. The van der Waals surface area contributed by atoms with Crippen LogP contribution in [0.2, 0.25) is 0 Å². The van der Waals surface area contributed by atoms with Crippen LogP contribution in [0.3, 0.4) is 0 Å². The predicted octanol–water partition coefficient (Wildman–Crippen LogP) is 2.79. The standard InChI is InChI=1S/C25H33NO8S2/c1-6-18(2)22(27)24(33-4)25(28)34-23(21-15-11-8-12-16-21)19(3)26(36(31,32)35(5,29)30)17-20-13-9-7-10-14-20/h6-16,19,22-24,27H,17H2,1-5H3/b18-6+/t19-,22-,23-,24+/m1/s1. The highest BCUT2D eigenvalue weighted by Crippen LogP contribution is 2.31. The number of benzene rings is 2. The Kier molecular flexibility index (Phi) is 10.4. The summed E-state index contributed by atoms with van der Waals surface area (Å²) in [6.45, 7) is 4.52. The van der Waals surface area contributed by atoms with Gasteiger partial charge in [0.15, 0.2) is 6.10 Å². The molecule has 0 aliphatic heterocycles. The molecular formula is C25H33NO8S2. The maximum atomic E-state index is 13.2. The molecular weight excluding hydrogens is 506 g/mol. The summed E-state index contributed by atoms with van der Waals surface area (Å²) in [7, 11) is -8.19. The molecule has 1 N–H and O–H groups in total. The molecule has 0 amide bonds. The number of carbonyl (C=O) groups excluding carboxylic acids is 1. The van der Waals surface area contributed by atoms with Gasteiger partial charge in [0.1, 0.15) is 12.2 Å². The highest BCUT2D eigenvalue weighted by Gasteiger charge is 2.42. The first-order valence-electron chi connectivity index (χ1n) is 11.2. The molecule has 198 valence electrons. The van der Waals surface area contributed by atoms with E-state index in [0.29, 0.717) is 23.0 Å². The first kappa shape index (κ1) is 29.7. The fourth-order valence-electron chi connectivity index (χ4n) is 3.56.